The number of benzene rings is 1. The number of nitrogens with one attached hydrogen (secondary N) is 1. The van der Waals surface area contributed by atoms with Gasteiger partial charge in [0.05, 0.1) is 5.69 Å². The third-order valence-corrected chi connectivity index (χ3v) is 2.50. The summed E-state index contributed by atoms with van der Waals surface area (Å²) in [6.07, 6.45) is 0. The number of anilines is 1. The highest BCUT2D eigenvalue weighted by molar-refractivity contribution is 5.60. The van der Waals surface area contributed by atoms with Gasteiger partial charge in [-0.25, -0.2) is 18.7 Å². The first-order valence-electron chi connectivity index (χ1n) is 5.79. The Labute approximate surface area is 109 Å². The molecular formula is C13H13F2N3O. The van der Waals surface area contributed by atoms with Crippen LogP contribution in [0.3, 0.4) is 0 Å². The van der Waals surface area contributed by atoms with Crippen LogP contribution in [-0.4, -0.2) is 21.6 Å². The number of aromatic hydroxyl groups is 1. The van der Waals surface area contributed by atoms with Crippen molar-refractivity contribution in [1.29, 1.82) is 0 Å². The molecule has 100 valence electrons. The molecule has 0 saturated heterocycles. The lowest BCUT2D eigenvalue weighted by Gasteiger charge is -2.09. The second kappa shape index (κ2) is 5.17. The van der Waals surface area contributed by atoms with Gasteiger partial charge in [0.2, 0.25) is 0 Å². The predicted octanol–water partition coefficient (Wildman–Crippen LogP) is 2.87. The van der Waals surface area contributed by atoms with Gasteiger partial charge < -0.3 is 10.4 Å². The number of aromatic nitrogens is 2. The van der Waals surface area contributed by atoms with Crippen LogP contribution in [0.5, 0.6) is 5.75 Å². The molecule has 0 aliphatic heterocycles. The molecule has 19 heavy (non-hydrogen) atoms. The second-order valence-electron chi connectivity index (χ2n) is 4.02. The zero-order valence-corrected chi connectivity index (χ0v) is 10.5. The van der Waals surface area contributed by atoms with Crippen molar-refractivity contribution in [1.82, 2.24) is 9.97 Å². The average Bonchev–Trinajstić information content (AvgIpc) is 2.33. The van der Waals surface area contributed by atoms with Crippen molar-refractivity contribution in [2.45, 2.75) is 13.8 Å². The van der Waals surface area contributed by atoms with Crippen molar-refractivity contribution in [3.63, 3.8) is 0 Å². The molecule has 6 heteroatoms. The summed E-state index contributed by atoms with van der Waals surface area (Å²) in [5.41, 5.74) is 0.449. The van der Waals surface area contributed by atoms with E-state index in [0.29, 0.717) is 12.1 Å². The zero-order chi connectivity index (χ0) is 14.0. The van der Waals surface area contributed by atoms with E-state index in [4.69, 9.17) is 0 Å². The number of phenols is 1. The molecule has 1 aromatic heterocycles. The molecule has 0 fully saturated rings. The smallest absolute Gasteiger partial charge is 0.186 e. The molecule has 2 N–H and O–H groups in total. The first-order valence-corrected chi connectivity index (χ1v) is 5.79. The van der Waals surface area contributed by atoms with Gasteiger partial charge in [-0.05, 0) is 26.0 Å². The Kier molecular flexibility index (Phi) is 3.59. The van der Waals surface area contributed by atoms with Crippen LogP contribution in [0.1, 0.15) is 12.6 Å². The van der Waals surface area contributed by atoms with E-state index >= 15 is 0 Å². The molecule has 0 bridgehead atoms. The van der Waals surface area contributed by atoms with Gasteiger partial charge in [-0.1, -0.05) is 0 Å². The fourth-order valence-corrected chi connectivity index (χ4v) is 1.68. The topological polar surface area (TPSA) is 58.0 Å². The fourth-order valence-electron chi connectivity index (χ4n) is 1.68. The Balaban J connectivity index is 2.55. The largest absolute Gasteiger partial charge is 0.508 e. The average molecular weight is 265 g/mol. The normalized spacial score (nSPS) is 10.5. The summed E-state index contributed by atoms with van der Waals surface area (Å²) in [6.45, 7) is 3.81. The molecule has 1 heterocycles. The summed E-state index contributed by atoms with van der Waals surface area (Å²) in [6, 6.07) is 3.48. The van der Waals surface area contributed by atoms with E-state index in [1.165, 1.54) is 19.1 Å². The van der Waals surface area contributed by atoms with Crippen molar-refractivity contribution >= 4 is 5.82 Å². The van der Waals surface area contributed by atoms with E-state index < -0.39 is 11.6 Å². The van der Waals surface area contributed by atoms with Gasteiger partial charge in [-0.3, -0.25) is 0 Å². The molecule has 0 unspecified atom stereocenters. The van der Waals surface area contributed by atoms with E-state index in [9.17, 15) is 13.9 Å². The van der Waals surface area contributed by atoms with E-state index in [0.717, 1.165) is 6.07 Å². The highest BCUT2D eigenvalue weighted by atomic mass is 19.1. The molecular weight excluding hydrogens is 252 g/mol. The van der Waals surface area contributed by atoms with Gasteiger partial charge in [0.1, 0.15) is 11.6 Å². The number of aryl methyl sites for hydroxylation is 1. The quantitative estimate of drug-likeness (QED) is 0.896. The molecule has 0 radical (unpaired) electrons. The third-order valence-electron chi connectivity index (χ3n) is 2.50. The number of hydrogen-bond acceptors (Lipinski definition) is 4. The van der Waals surface area contributed by atoms with Crippen LogP contribution >= 0.6 is 0 Å². The van der Waals surface area contributed by atoms with Gasteiger partial charge >= 0.3 is 0 Å². The summed E-state index contributed by atoms with van der Waals surface area (Å²) >= 11 is 0. The standard InChI is InChI=1S/C13H13F2N3O/c1-3-16-13-11(15)7(2)17-12(18-13)8-4-9(14)6-10(19)5-8/h4-6,19H,3H2,1-2H3,(H,16,17,18). The second-order valence-corrected chi connectivity index (χ2v) is 4.02. The molecule has 0 spiro atoms. The van der Waals surface area contributed by atoms with Crippen LogP contribution < -0.4 is 5.32 Å². The van der Waals surface area contributed by atoms with Gasteiger partial charge in [-0.15, -0.1) is 0 Å². The first kappa shape index (κ1) is 13.2. The lowest BCUT2D eigenvalue weighted by Crippen LogP contribution is -2.06. The van der Waals surface area contributed by atoms with Crippen molar-refractivity contribution in [2.24, 2.45) is 0 Å². The van der Waals surface area contributed by atoms with E-state index in [1.807, 2.05) is 6.92 Å². The molecule has 0 amide bonds. The maximum absolute atomic E-state index is 13.7. The Morgan fingerprint density at radius 3 is 2.58 bits per heavy atom. The molecule has 0 atom stereocenters. The Bertz CT molecular complexity index is 597. The lowest BCUT2D eigenvalue weighted by molar-refractivity contribution is 0.469. The maximum atomic E-state index is 13.7. The van der Waals surface area contributed by atoms with Gasteiger partial charge in [-0.2, -0.15) is 0 Å². The number of nitrogens with zero attached hydrogens (tertiary/aromatic N) is 2. The summed E-state index contributed by atoms with van der Waals surface area (Å²) in [5.74, 6) is -1.15. The molecule has 1 aromatic carbocycles. The van der Waals surface area contributed by atoms with Crippen LogP contribution in [0.25, 0.3) is 11.4 Å². The van der Waals surface area contributed by atoms with E-state index in [-0.39, 0.29) is 23.1 Å². The minimum atomic E-state index is -0.606. The third kappa shape index (κ3) is 2.78. The van der Waals surface area contributed by atoms with Crippen molar-refractivity contribution in [3.8, 4) is 17.1 Å². The summed E-state index contributed by atoms with van der Waals surface area (Å²) < 4.78 is 27.0. The Hall–Kier alpha value is -2.24. The minimum absolute atomic E-state index is 0.0637. The molecule has 2 aromatic rings. The fraction of sp³-hybridized carbons (Fsp3) is 0.231. The van der Waals surface area contributed by atoms with Crippen molar-refractivity contribution in [3.05, 3.63) is 35.5 Å². The minimum Gasteiger partial charge on any atom is -0.508 e. The monoisotopic (exact) mass is 265 g/mol. The summed E-state index contributed by atoms with van der Waals surface area (Å²) in [4.78, 5) is 7.96. The number of rotatable bonds is 3. The lowest BCUT2D eigenvalue weighted by atomic mass is 10.2. The van der Waals surface area contributed by atoms with Crippen LogP contribution in [0, 0.1) is 18.6 Å². The van der Waals surface area contributed by atoms with Gasteiger partial charge in [0.15, 0.2) is 17.5 Å². The highest BCUT2D eigenvalue weighted by Gasteiger charge is 2.13. The summed E-state index contributed by atoms with van der Waals surface area (Å²) in [5, 5.41) is 12.1. The van der Waals surface area contributed by atoms with Gasteiger partial charge in [0, 0.05) is 18.2 Å². The Morgan fingerprint density at radius 1 is 1.21 bits per heavy atom. The van der Waals surface area contributed by atoms with Crippen molar-refractivity contribution in [2.75, 3.05) is 11.9 Å². The molecule has 0 aliphatic carbocycles. The summed E-state index contributed by atoms with van der Waals surface area (Å²) in [7, 11) is 0. The van der Waals surface area contributed by atoms with Crippen LogP contribution in [-0.2, 0) is 0 Å². The van der Waals surface area contributed by atoms with Gasteiger partial charge in [0.25, 0.3) is 0 Å². The predicted molar refractivity (Wildman–Crippen MR) is 67.9 cm³/mol. The van der Waals surface area contributed by atoms with Crippen LogP contribution in [0.15, 0.2) is 18.2 Å². The SMILES string of the molecule is CCNc1nc(-c2cc(O)cc(F)c2)nc(C)c1F. The molecule has 2 rings (SSSR count). The van der Waals surface area contributed by atoms with Crippen LogP contribution in [0.2, 0.25) is 0 Å². The molecule has 0 aliphatic rings. The number of phenolic OH excluding ortho intramolecular Hbond substituents is 1. The first-order chi connectivity index (χ1) is 9.01. The molecule has 4 nitrogen and oxygen atoms in total. The Morgan fingerprint density at radius 2 is 1.95 bits per heavy atom. The molecule has 0 saturated carbocycles. The number of halogens is 2. The highest BCUT2D eigenvalue weighted by Crippen LogP contribution is 2.25. The van der Waals surface area contributed by atoms with E-state index in [2.05, 4.69) is 15.3 Å². The maximum Gasteiger partial charge on any atom is 0.186 e. The van der Waals surface area contributed by atoms with E-state index in [1.54, 1.807) is 0 Å². The van der Waals surface area contributed by atoms with Crippen LogP contribution in [0.4, 0.5) is 14.6 Å². The number of hydrogen-bond donors (Lipinski definition) is 2. The zero-order valence-electron chi connectivity index (χ0n) is 10.5. The van der Waals surface area contributed by atoms with Crippen molar-refractivity contribution < 1.29 is 13.9 Å².